The second-order valence-electron chi connectivity index (χ2n) is 7.06. The Kier molecular flexibility index (Phi) is 8.17. The van der Waals surface area contributed by atoms with Crippen molar-refractivity contribution in [1.82, 2.24) is 10.2 Å². The van der Waals surface area contributed by atoms with Crippen LogP contribution in [-0.2, 0) is 9.47 Å². The van der Waals surface area contributed by atoms with Gasteiger partial charge >= 0.3 is 0 Å². The van der Waals surface area contributed by atoms with Crippen LogP contribution in [0.3, 0.4) is 0 Å². The van der Waals surface area contributed by atoms with Crippen molar-refractivity contribution in [3.63, 3.8) is 0 Å². The van der Waals surface area contributed by atoms with E-state index in [1.165, 1.54) is 19.3 Å². The van der Waals surface area contributed by atoms with Gasteiger partial charge in [-0.3, -0.25) is 4.90 Å². The Hall–Kier alpha value is -0.160. The summed E-state index contributed by atoms with van der Waals surface area (Å²) in [5.74, 6) is 0. The van der Waals surface area contributed by atoms with Crippen molar-refractivity contribution in [2.75, 3.05) is 40.5 Å². The molecular weight excluding hydrogens is 264 g/mol. The molecule has 0 aliphatic heterocycles. The fourth-order valence-corrected chi connectivity index (χ4v) is 3.68. The van der Waals surface area contributed by atoms with E-state index in [1.807, 2.05) is 0 Å². The molecule has 0 saturated heterocycles. The fourth-order valence-electron chi connectivity index (χ4n) is 3.68. The van der Waals surface area contributed by atoms with Crippen LogP contribution in [0.1, 0.15) is 47.0 Å². The summed E-state index contributed by atoms with van der Waals surface area (Å²) >= 11 is 0. The first-order valence-corrected chi connectivity index (χ1v) is 8.45. The summed E-state index contributed by atoms with van der Waals surface area (Å²) in [6.07, 6.45) is 3.72. The number of nitrogens with zero attached hydrogens (tertiary/aromatic N) is 1. The van der Waals surface area contributed by atoms with E-state index in [0.717, 1.165) is 26.3 Å². The van der Waals surface area contributed by atoms with Crippen LogP contribution >= 0.6 is 0 Å². The van der Waals surface area contributed by atoms with Gasteiger partial charge in [0, 0.05) is 38.9 Å². The van der Waals surface area contributed by atoms with Gasteiger partial charge in [0.05, 0.1) is 13.2 Å². The zero-order valence-corrected chi connectivity index (χ0v) is 14.9. The number of hydrogen-bond acceptors (Lipinski definition) is 4. The molecule has 1 fully saturated rings. The molecule has 126 valence electrons. The van der Waals surface area contributed by atoms with Crippen LogP contribution in [0.25, 0.3) is 0 Å². The highest BCUT2D eigenvalue weighted by atomic mass is 16.5. The average molecular weight is 300 g/mol. The van der Waals surface area contributed by atoms with Crippen molar-refractivity contribution >= 4 is 0 Å². The van der Waals surface area contributed by atoms with Crippen LogP contribution in [0, 0.1) is 5.41 Å². The molecule has 0 aromatic heterocycles. The maximum absolute atomic E-state index is 5.39. The monoisotopic (exact) mass is 300 g/mol. The first-order valence-electron chi connectivity index (χ1n) is 8.45. The van der Waals surface area contributed by atoms with Crippen LogP contribution in [0.2, 0.25) is 0 Å². The highest BCUT2D eigenvalue weighted by Gasteiger charge is 2.44. The minimum absolute atomic E-state index is 0.359. The van der Waals surface area contributed by atoms with Crippen molar-refractivity contribution < 1.29 is 9.47 Å². The lowest BCUT2D eigenvalue weighted by Crippen LogP contribution is -2.55. The second kappa shape index (κ2) is 9.09. The summed E-state index contributed by atoms with van der Waals surface area (Å²) in [5, 5.41) is 3.80. The lowest BCUT2D eigenvalue weighted by Gasteiger charge is -2.40. The molecule has 21 heavy (non-hydrogen) atoms. The first kappa shape index (κ1) is 18.9. The normalized spacial score (nSPS) is 26.4. The van der Waals surface area contributed by atoms with Crippen molar-refractivity contribution in [3.05, 3.63) is 0 Å². The first-order chi connectivity index (χ1) is 9.97. The van der Waals surface area contributed by atoms with Crippen molar-refractivity contribution in [2.45, 2.75) is 65.1 Å². The third-order valence-corrected chi connectivity index (χ3v) is 4.88. The Morgan fingerprint density at radius 3 is 2.57 bits per heavy atom. The Morgan fingerprint density at radius 1 is 1.29 bits per heavy atom. The smallest absolute Gasteiger partial charge is 0.0615 e. The van der Waals surface area contributed by atoms with Gasteiger partial charge in [0.2, 0.25) is 0 Å². The summed E-state index contributed by atoms with van der Waals surface area (Å²) in [4.78, 5) is 2.59. The fraction of sp³-hybridized carbons (Fsp3) is 1.00. The molecule has 1 rings (SSSR count). The van der Waals surface area contributed by atoms with Gasteiger partial charge in [-0.15, -0.1) is 0 Å². The van der Waals surface area contributed by atoms with E-state index < -0.39 is 0 Å². The molecule has 1 aliphatic carbocycles. The van der Waals surface area contributed by atoms with E-state index in [1.54, 1.807) is 14.2 Å². The summed E-state index contributed by atoms with van der Waals surface area (Å²) < 4.78 is 10.7. The number of rotatable bonds is 10. The molecule has 1 aliphatic rings. The third-order valence-electron chi connectivity index (χ3n) is 4.88. The molecule has 4 heteroatoms. The van der Waals surface area contributed by atoms with Crippen molar-refractivity contribution in [3.8, 4) is 0 Å². The van der Waals surface area contributed by atoms with E-state index >= 15 is 0 Å². The maximum Gasteiger partial charge on any atom is 0.0615 e. The lowest BCUT2D eigenvalue weighted by atomic mass is 9.86. The molecule has 0 amide bonds. The SMILES string of the molecule is CCCNC1C(N(CCOC)C(C)COC)CCC1(C)C. The molecule has 1 saturated carbocycles. The Balaban J connectivity index is 2.82. The molecule has 0 bridgehead atoms. The summed E-state index contributed by atoms with van der Waals surface area (Å²) in [7, 11) is 3.57. The molecule has 1 N–H and O–H groups in total. The third kappa shape index (κ3) is 5.20. The van der Waals surface area contributed by atoms with Crippen molar-refractivity contribution in [1.29, 1.82) is 0 Å². The number of ether oxygens (including phenoxy) is 2. The zero-order chi connectivity index (χ0) is 15.9. The predicted octanol–water partition coefficient (Wildman–Crippen LogP) is 2.53. The van der Waals surface area contributed by atoms with Gasteiger partial charge in [0.15, 0.2) is 0 Å². The van der Waals surface area contributed by atoms with E-state index in [0.29, 0.717) is 23.5 Å². The standard InChI is InChI=1S/C17H36N2O2/c1-7-10-18-16-15(8-9-17(16,3)4)19(11-12-20-5)14(2)13-21-6/h14-16,18H,7-13H2,1-6H3. The topological polar surface area (TPSA) is 33.7 Å². The molecule has 0 aromatic carbocycles. The zero-order valence-electron chi connectivity index (χ0n) is 14.9. The van der Waals surface area contributed by atoms with Gasteiger partial charge in [0.25, 0.3) is 0 Å². The maximum atomic E-state index is 5.39. The van der Waals surface area contributed by atoms with Crippen LogP contribution in [-0.4, -0.2) is 63.5 Å². The van der Waals surface area contributed by atoms with Crippen molar-refractivity contribution in [2.24, 2.45) is 5.41 Å². The Bertz CT molecular complexity index is 284. The van der Waals surface area contributed by atoms with Crippen LogP contribution in [0.4, 0.5) is 0 Å². The minimum Gasteiger partial charge on any atom is -0.383 e. The quantitative estimate of drug-likeness (QED) is 0.672. The Labute approximate surface area is 131 Å². The van der Waals surface area contributed by atoms with E-state index in [-0.39, 0.29) is 0 Å². The van der Waals surface area contributed by atoms with Gasteiger partial charge in [-0.05, 0) is 38.1 Å². The summed E-state index contributed by atoms with van der Waals surface area (Å²) in [6, 6.07) is 1.55. The highest BCUT2D eigenvalue weighted by Crippen LogP contribution is 2.40. The van der Waals surface area contributed by atoms with E-state index in [4.69, 9.17) is 9.47 Å². The van der Waals surface area contributed by atoms with Gasteiger partial charge in [-0.1, -0.05) is 20.8 Å². The molecular formula is C17H36N2O2. The van der Waals surface area contributed by atoms with Crippen LogP contribution in [0.5, 0.6) is 0 Å². The summed E-state index contributed by atoms with van der Waals surface area (Å²) in [5.41, 5.74) is 0.359. The summed E-state index contributed by atoms with van der Waals surface area (Å²) in [6.45, 7) is 12.9. The Morgan fingerprint density at radius 2 is 2.00 bits per heavy atom. The molecule has 0 heterocycles. The number of methoxy groups -OCH3 is 2. The number of nitrogens with one attached hydrogen (secondary N) is 1. The van der Waals surface area contributed by atoms with E-state index in [2.05, 4.69) is 37.9 Å². The van der Waals surface area contributed by atoms with E-state index in [9.17, 15) is 0 Å². The van der Waals surface area contributed by atoms with Gasteiger partial charge in [0.1, 0.15) is 0 Å². The average Bonchev–Trinajstić information content (AvgIpc) is 2.73. The molecule has 3 unspecified atom stereocenters. The molecule has 3 atom stereocenters. The van der Waals surface area contributed by atoms with Crippen LogP contribution in [0.15, 0.2) is 0 Å². The minimum atomic E-state index is 0.359. The predicted molar refractivity (Wildman–Crippen MR) is 88.8 cm³/mol. The molecule has 0 spiro atoms. The molecule has 0 radical (unpaired) electrons. The molecule has 0 aromatic rings. The van der Waals surface area contributed by atoms with Crippen LogP contribution < -0.4 is 5.32 Å². The number of hydrogen-bond donors (Lipinski definition) is 1. The highest BCUT2D eigenvalue weighted by molar-refractivity contribution is 5.01. The lowest BCUT2D eigenvalue weighted by molar-refractivity contribution is 0.0343. The van der Waals surface area contributed by atoms with Gasteiger partial charge in [-0.2, -0.15) is 0 Å². The van der Waals surface area contributed by atoms with Gasteiger partial charge in [-0.25, -0.2) is 0 Å². The largest absolute Gasteiger partial charge is 0.383 e. The van der Waals surface area contributed by atoms with Gasteiger partial charge < -0.3 is 14.8 Å². The molecule has 4 nitrogen and oxygen atoms in total. The second-order valence-corrected chi connectivity index (χ2v) is 7.06.